The summed E-state index contributed by atoms with van der Waals surface area (Å²) >= 11 is 5.54. The summed E-state index contributed by atoms with van der Waals surface area (Å²) in [6, 6.07) is 13.6. The van der Waals surface area contributed by atoms with Crippen LogP contribution in [0.25, 0.3) is 0 Å². The number of nitrogens with one attached hydrogen (secondary N) is 1. The Morgan fingerprint density at radius 2 is 1.94 bits per heavy atom. The molecule has 2 heterocycles. The van der Waals surface area contributed by atoms with Crippen LogP contribution in [0.3, 0.4) is 0 Å². The third-order valence-corrected chi connectivity index (χ3v) is 6.24. The van der Waals surface area contributed by atoms with Gasteiger partial charge in [0.05, 0.1) is 18.4 Å². The summed E-state index contributed by atoms with van der Waals surface area (Å²) in [6.45, 7) is 4.93. The van der Waals surface area contributed by atoms with Crippen LogP contribution in [0.4, 0.5) is 5.69 Å². The van der Waals surface area contributed by atoms with E-state index in [1.54, 1.807) is 12.3 Å². The normalized spacial score (nSPS) is 20.2. The number of benzene rings is 1. The predicted octanol–water partition coefficient (Wildman–Crippen LogP) is 3.62. The monoisotopic (exact) mass is 452 g/mol. The fourth-order valence-electron chi connectivity index (χ4n) is 4.04. The number of hydrogen-bond donors (Lipinski definition) is 2. The van der Waals surface area contributed by atoms with Crippen LogP contribution in [0.2, 0.25) is 0 Å². The standard InChI is InChI=1S/C24H28N4O3S/c29-21-15-18(23-7-4-14-31-23)16-22(30)20(21)17-25-8-9-27-10-12-28(13-11-27)24(32)26-19-5-2-1-3-6-19/h1-7,14,17-18,29H,8-13,15-16H2,(H,26,32). The van der Waals surface area contributed by atoms with Crippen molar-refractivity contribution < 1.29 is 14.3 Å². The number of piperazine rings is 1. The van der Waals surface area contributed by atoms with E-state index in [0.717, 1.165) is 49.3 Å². The van der Waals surface area contributed by atoms with Crippen LogP contribution in [-0.2, 0) is 4.79 Å². The molecule has 168 valence electrons. The van der Waals surface area contributed by atoms with E-state index in [2.05, 4.69) is 20.1 Å². The second kappa shape index (κ2) is 10.6. The van der Waals surface area contributed by atoms with E-state index in [1.807, 2.05) is 36.4 Å². The fraction of sp³-hybridized carbons (Fsp3) is 0.375. The smallest absolute Gasteiger partial charge is 0.173 e. The van der Waals surface area contributed by atoms with Crippen LogP contribution in [0.5, 0.6) is 0 Å². The maximum Gasteiger partial charge on any atom is 0.173 e. The molecule has 0 saturated carbocycles. The van der Waals surface area contributed by atoms with Crippen molar-refractivity contribution in [2.75, 3.05) is 44.6 Å². The van der Waals surface area contributed by atoms with Gasteiger partial charge in [0, 0.05) is 63.4 Å². The summed E-state index contributed by atoms with van der Waals surface area (Å²) < 4.78 is 5.38. The van der Waals surface area contributed by atoms with Gasteiger partial charge in [-0.2, -0.15) is 0 Å². The number of Topliss-reactive ketones (excluding diaryl/α,β-unsaturated/α-hetero) is 1. The average molecular weight is 453 g/mol. The summed E-state index contributed by atoms with van der Waals surface area (Å²) in [5.74, 6) is 0.637. The Hall–Kier alpha value is -2.97. The van der Waals surface area contributed by atoms with Gasteiger partial charge in [-0.3, -0.25) is 14.7 Å². The molecule has 8 heteroatoms. The molecule has 1 atom stereocenters. The molecule has 2 aliphatic rings. The van der Waals surface area contributed by atoms with Crippen molar-refractivity contribution in [1.29, 1.82) is 0 Å². The lowest BCUT2D eigenvalue weighted by atomic mass is 9.86. The zero-order valence-corrected chi connectivity index (χ0v) is 18.8. The number of thiocarbonyl (C=S) groups is 1. The lowest BCUT2D eigenvalue weighted by Gasteiger charge is -2.36. The number of hydrogen-bond acceptors (Lipinski definition) is 6. The molecule has 32 heavy (non-hydrogen) atoms. The van der Waals surface area contributed by atoms with Crippen LogP contribution in [0.15, 0.2) is 69.5 Å². The number of carbonyl (C=O) groups is 1. The van der Waals surface area contributed by atoms with E-state index in [1.165, 1.54) is 6.21 Å². The van der Waals surface area contributed by atoms with Gasteiger partial charge in [0.2, 0.25) is 0 Å². The molecule has 1 saturated heterocycles. The number of aliphatic hydroxyl groups is 1. The Labute approximate surface area is 193 Å². The van der Waals surface area contributed by atoms with Gasteiger partial charge >= 0.3 is 0 Å². The Bertz CT molecular complexity index is 980. The SMILES string of the molecule is O=C1CC(c2ccco2)CC(O)=C1C=NCCN1CCN(C(=S)Nc2ccccc2)CC1. The zero-order chi connectivity index (χ0) is 22.3. The number of carbonyl (C=O) groups excluding carboxylic acids is 1. The van der Waals surface area contributed by atoms with E-state index in [4.69, 9.17) is 16.6 Å². The van der Waals surface area contributed by atoms with Gasteiger partial charge in [-0.15, -0.1) is 0 Å². The molecule has 1 fully saturated rings. The van der Waals surface area contributed by atoms with Gasteiger partial charge in [0.25, 0.3) is 0 Å². The van der Waals surface area contributed by atoms with E-state index in [-0.39, 0.29) is 17.5 Å². The number of aliphatic imine (C=N–C) groups is 1. The number of ketones is 1. The number of aliphatic hydroxyl groups excluding tert-OH is 1. The molecule has 1 aliphatic heterocycles. The molecular formula is C24H28N4O3S. The summed E-state index contributed by atoms with van der Waals surface area (Å²) in [4.78, 5) is 21.4. The molecule has 0 amide bonds. The first kappa shape index (κ1) is 22.2. The molecule has 2 aromatic rings. The van der Waals surface area contributed by atoms with Crippen molar-refractivity contribution in [3.05, 3.63) is 65.8 Å². The topological polar surface area (TPSA) is 81.3 Å². The molecule has 1 aromatic carbocycles. The first-order chi connectivity index (χ1) is 15.6. The molecule has 0 bridgehead atoms. The minimum atomic E-state index is -0.103. The van der Waals surface area contributed by atoms with E-state index in [0.29, 0.717) is 25.0 Å². The average Bonchev–Trinajstić information content (AvgIpc) is 3.34. The Morgan fingerprint density at radius 1 is 1.16 bits per heavy atom. The summed E-state index contributed by atoms with van der Waals surface area (Å²) in [7, 11) is 0. The number of nitrogens with zero attached hydrogens (tertiary/aromatic N) is 3. The van der Waals surface area contributed by atoms with Crippen molar-refractivity contribution in [1.82, 2.24) is 9.80 Å². The summed E-state index contributed by atoms with van der Waals surface area (Å²) in [5.41, 5.74) is 1.33. The van der Waals surface area contributed by atoms with Crippen molar-refractivity contribution in [2.24, 2.45) is 4.99 Å². The van der Waals surface area contributed by atoms with Crippen molar-refractivity contribution in [2.45, 2.75) is 18.8 Å². The summed E-state index contributed by atoms with van der Waals surface area (Å²) in [5, 5.41) is 14.4. The van der Waals surface area contributed by atoms with Gasteiger partial charge < -0.3 is 19.7 Å². The van der Waals surface area contributed by atoms with Gasteiger partial charge in [-0.25, -0.2) is 0 Å². The largest absolute Gasteiger partial charge is 0.511 e. The quantitative estimate of drug-likeness (QED) is 0.512. The minimum Gasteiger partial charge on any atom is -0.511 e. The highest BCUT2D eigenvalue weighted by Crippen LogP contribution is 2.33. The van der Waals surface area contributed by atoms with Crippen LogP contribution in [0.1, 0.15) is 24.5 Å². The first-order valence-corrected chi connectivity index (χ1v) is 11.3. The van der Waals surface area contributed by atoms with Gasteiger partial charge in [0.15, 0.2) is 10.9 Å². The van der Waals surface area contributed by atoms with E-state index in [9.17, 15) is 9.90 Å². The van der Waals surface area contributed by atoms with E-state index >= 15 is 0 Å². The summed E-state index contributed by atoms with van der Waals surface area (Å²) in [6.07, 6.45) is 3.85. The molecule has 0 spiro atoms. The Kier molecular flexibility index (Phi) is 7.34. The third-order valence-electron chi connectivity index (χ3n) is 5.88. The molecular weight excluding hydrogens is 424 g/mol. The number of para-hydroxylation sites is 1. The van der Waals surface area contributed by atoms with Gasteiger partial charge in [-0.05, 0) is 36.5 Å². The fourth-order valence-corrected chi connectivity index (χ4v) is 4.34. The zero-order valence-electron chi connectivity index (χ0n) is 17.9. The maximum atomic E-state index is 12.5. The molecule has 2 N–H and O–H groups in total. The Balaban J connectivity index is 1.20. The second-order valence-electron chi connectivity index (χ2n) is 8.06. The first-order valence-electron chi connectivity index (χ1n) is 10.9. The molecule has 1 unspecified atom stereocenters. The highest BCUT2D eigenvalue weighted by molar-refractivity contribution is 7.80. The molecule has 7 nitrogen and oxygen atoms in total. The van der Waals surface area contributed by atoms with Gasteiger partial charge in [-0.1, -0.05) is 18.2 Å². The number of allylic oxidation sites excluding steroid dienone is 2. The lowest BCUT2D eigenvalue weighted by molar-refractivity contribution is -0.116. The van der Waals surface area contributed by atoms with Crippen LogP contribution < -0.4 is 5.32 Å². The third kappa shape index (κ3) is 5.63. The van der Waals surface area contributed by atoms with Crippen molar-refractivity contribution in [3.8, 4) is 0 Å². The maximum absolute atomic E-state index is 12.5. The molecule has 0 radical (unpaired) electrons. The minimum absolute atomic E-state index is 0.0908. The highest BCUT2D eigenvalue weighted by Gasteiger charge is 2.29. The van der Waals surface area contributed by atoms with E-state index < -0.39 is 0 Å². The van der Waals surface area contributed by atoms with Crippen molar-refractivity contribution in [3.63, 3.8) is 0 Å². The van der Waals surface area contributed by atoms with Crippen LogP contribution in [0, 0.1) is 0 Å². The lowest BCUT2D eigenvalue weighted by Crippen LogP contribution is -2.50. The number of rotatable bonds is 6. The molecule has 1 aromatic heterocycles. The predicted molar refractivity (Wildman–Crippen MR) is 129 cm³/mol. The number of furan rings is 1. The molecule has 1 aliphatic carbocycles. The molecule has 4 rings (SSSR count). The highest BCUT2D eigenvalue weighted by atomic mass is 32.1. The van der Waals surface area contributed by atoms with Crippen LogP contribution in [-0.4, -0.2) is 71.3 Å². The van der Waals surface area contributed by atoms with Gasteiger partial charge in [0.1, 0.15) is 11.5 Å². The Morgan fingerprint density at radius 3 is 2.62 bits per heavy atom. The van der Waals surface area contributed by atoms with Crippen molar-refractivity contribution >= 4 is 35.0 Å². The van der Waals surface area contributed by atoms with Crippen LogP contribution >= 0.6 is 12.2 Å². The second-order valence-corrected chi connectivity index (χ2v) is 8.45. The number of anilines is 1.